The number of hydrogen-bond donors (Lipinski definition) is 1. The van der Waals surface area contributed by atoms with E-state index in [4.69, 9.17) is 11.6 Å². The molecule has 0 bridgehead atoms. The SMILES string of the molecule is O=C(Cc1cc(Cl)ccc1F)c1ccc2c(c1)CCN2. The Morgan fingerprint density at radius 2 is 2.10 bits per heavy atom. The first-order valence-corrected chi connectivity index (χ1v) is 6.85. The minimum atomic E-state index is -0.398. The summed E-state index contributed by atoms with van der Waals surface area (Å²) >= 11 is 5.84. The molecule has 0 unspecified atom stereocenters. The molecule has 3 rings (SSSR count). The number of carbonyl (C=O) groups is 1. The summed E-state index contributed by atoms with van der Waals surface area (Å²) in [6, 6.07) is 9.85. The monoisotopic (exact) mass is 289 g/mol. The predicted molar refractivity (Wildman–Crippen MR) is 78.1 cm³/mol. The van der Waals surface area contributed by atoms with Crippen LogP contribution in [0.2, 0.25) is 5.02 Å². The average molecular weight is 290 g/mol. The van der Waals surface area contributed by atoms with Crippen molar-refractivity contribution in [2.24, 2.45) is 0 Å². The van der Waals surface area contributed by atoms with Gasteiger partial charge in [-0.05, 0) is 53.9 Å². The zero-order chi connectivity index (χ0) is 14.1. The lowest BCUT2D eigenvalue weighted by atomic mass is 10.00. The van der Waals surface area contributed by atoms with E-state index in [2.05, 4.69) is 5.32 Å². The van der Waals surface area contributed by atoms with E-state index in [0.717, 1.165) is 24.2 Å². The number of hydrogen-bond acceptors (Lipinski definition) is 2. The number of Topliss-reactive ketones (excluding diaryl/α,β-unsaturated/α-hetero) is 1. The lowest BCUT2D eigenvalue weighted by molar-refractivity contribution is 0.0992. The molecule has 2 aromatic rings. The number of halogens is 2. The molecular weight excluding hydrogens is 277 g/mol. The van der Waals surface area contributed by atoms with Crippen molar-refractivity contribution in [2.45, 2.75) is 12.8 Å². The van der Waals surface area contributed by atoms with Gasteiger partial charge in [0.1, 0.15) is 5.82 Å². The Bertz CT molecular complexity index is 684. The summed E-state index contributed by atoms with van der Waals surface area (Å²) in [5, 5.41) is 3.68. The molecule has 0 saturated carbocycles. The van der Waals surface area contributed by atoms with E-state index in [9.17, 15) is 9.18 Å². The Morgan fingerprint density at radius 3 is 2.95 bits per heavy atom. The Labute approximate surface area is 121 Å². The van der Waals surface area contributed by atoms with E-state index < -0.39 is 5.82 Å². The summed E-state index contributed by atoms with van der Waals surface area (Å²) in [5.74, 6) is -0.494. The molecule has 102 valence electrons. The van der Waals surface area contributed by atoms with Gasteiger partial charge < -0.3 is 5.32 Å². The maximum Gasteiger partial charge on any atom is 0.167 e. The van der Waals surface area contributed by atoms with Gasteiger partial charge in [-0.1, -0.05) is 11.6 Å². The van der Waals surface area contributed by atoms with E-state index in [1.807, 2.05) is 12.1 Å². The zero-order valence-electron chi connectivity index (χ0n) is 10.7. The Kier molecular flexibility index (Phi) is 3.45. The molecule has 2 aromatic carbocycles. The topological polar surface area (TPSA) is 29.1 Å². The molecule has 1 aliphatic rings. The van der Waals surface area contributed by atoms with Crippen molar-refractivity contribution >= 4 is 23.1 Å². The van der Waals surface area contributed by atoms with Gasteiger partial charge in [-0.25, -0.2) is 4.39 Å². The summed E-state index contributed by atoms with van der Waals surface area (Å²) in [5.41, 5.74) is 3.17. The second-order valence-electron chi connectivity index (χ2n) is 4.88. The molecule has 20 heavy (non-hydrogen) atoms. The summed E-state index contributed by atoms with van der Waals surface area (Å²) in [6.45, 7) is 0.899. The van der Waals surface area contributed by atoms with Crippen LogP contribution >= 0.6 is 11.6 Å². The molecule has 0 aromatic heterocycles. The van der Waals surface area contributed by atoms with Gasteiger partial charge in [0.2, 0.25) is 0 Å². The van der Waals surface area contributed by atoms with Crippen molar-refractivity contribution in [3.05, 3.63) is 63.9 Å². The number of rotatable bonds is 3. The third-order valence-corrected chi connectivity index (χ3v) is 3.73. The number of anilines is 1. The lowest BCUT2D eigenvalue weighted by Gasteiger charge is -2.06. The highest BCUT2D eigenvalue weighted by Crippen LogP contribution is 2.24. The minimum Gasteiger partial charge on any atom is -0.384 e. The van der Waals surface area contributed by atoms with Crippen LogP contribution < -0.4 is 5.32 Å². The number of carbonyl (C=O) groups excluding carboxylic acids is 1. The largest absolute Gasteiger partial charge is 0.384 e. The average Bonchev–Trinajstić information content (AvgIpc) is 2.90. The quantitative estimate of drug-likeness (QED) is 0.869. The first kappa shape index (κ1) is 13.1. The van der Waals surface area contributed by atoms with Crippen molar-refractivity contribution in [3.8, 4) is 0 Å². The molecule has 2 nitrogen and oxygen atoms in total. The van der Waals surface area contributed by atoms with Crippen LogP contribution in [0, 0.1) is 5.82 Å². The van der Waals surface area contributed by atoms with Crippen LogP contribution in [0.3, 0.4) is 0 Å². The molecule has 1 N–H and O–H groups in total. The smallest absolute Gasteiger partial charge is 0.167 e. The fraction of sp³-hybridized carbons (Fsp3) is 0.188. The molecule has 0 atom stereocenters. The fourth-order valence-corrected chi connectivity index (χ4v) is 2.63. The second kappa shape index (κ2) is 5.25. The molecule has 1 heterocycles. The van der Waals surface area contributed by atoms with Gasteiger partial charge >= 0.3 is 0 Å². The zero-order valence-corrected chi connectivity index (χ0v) is 11.5. The normalized spacial score (nSPS) is 12.9. The lowest BCUT2D eigenvalue weighted by Crippen LogP contribution is -2.05. The predicted octanol–water partition coefficient (Wildman–Crippen LogP) is 3.87. The van der Waals surface area contributed by atoms with Crippen molar-refractivity contribution in [3.63, 3.8) is 0 Å². The van der Waals surface area contributed by atoms with Gasteiger partial charge in [0.15, 0.2) is 5.78 Å². The molecular formula is C16H13ClFNO. The number of fused-ring (bicyclic) bond motifs is 1. The minimum absolute atomic E-state index is 0.0264. The van der Waals surface area contributed by atoms with Crippen LogP contribution in [0.1, 0.15) is 21.5 Å². The molecule has 0 radical (unpaired) electrons. The van der Waals surface area contributed by atoms with Crippen LogP contribution in [0.4, 0.5) is 10.1 Å². The fourth-order valence-electron chi connectivity index (χ4n) is 2.43. The molecule has 0 amide bonds. The molecule has 1 aliphatic heterocycles. The number of benzene rings is 2. The molecule has 0 saturated heterocycles. The summed E-state index contributed by atoms with van der Waals surface area (Å²) in [7, 11) is 0. The van der Waals surface area contributed by atoms with Crippen molar-refractivity contribution in [1.82, 2.24) is 0 Å². The summed E-state index contributed by atoms with van der Waals surface area (Å²) in [6.07, 6.45) is 0.945. The highest BCUT2D eigenvalue weighted by atomic mass is 35.5. The van der Waals surface area contributed by atoms with Crippen molar-refractivity contribution in [1.29, 1.82) is 0 Å². The van der Waals surface area contributed by atoms with Gasteiger partial charge in [0, 0.05) is 29.2 Å². The standard InChI is InChI=1S/C16H13ClFNO/c17-13-2-3-14(18)12(8-13)9-16(20)11-1-4-15-10(7-11)5-6-19-15/h1-4,7-8,19H,5-6,9H2. The van der Waals surface area contributed by atoms with Crippen LogP contribution in [0.25, 0.3) is 0 Å². The van der Waals surface area contributed by atoms with Gasteiger partial charge in [-0.15, -0.1) is 0 Å². The number of nitrogens with one attached hydrogen (secondary N) is 1. The second-order valence-corrected chi connectivity index (χ2v) is 5.32. The third kappa shape index (κ3) is 2.54. The van der Waals surface area contributed by atoms with Crippen molar-refractivity contribution in [2.75, 3.05) is 11.9 Å². The van der Waals surface area contributed by atoms with E-state index >= 15 is 0 Å². The van der Waals surface area contributed by atoms with E-state index in [0.29, 0.717) is 16.1 Å². The maximum atomic E-state index is 13.6. The Hall–Kier alpha value is -1.87. The highest BCUT2D eigenvalue weighted by molar-refractivity contribution is 6.30. The van der Waals surface area contributed by atoms with E-state index in [-0.39, 0.29) is 12.2 Å². The summed E-state index contributed by atoms with van der Waals surface area (Å²) < 4.78 is 13.6. The number of ketones is 1. The van der Waals surface area contributed by atoms with Gasteiger partial charge in [-0.2, -0.15) is 0 Å². The van der Waals surface area contributed by atoms with Gasteiger partial charge in [0.25, 0.3) is 0 Å². The first-order valence-electron chi connectivity index (χ1n) is 6.47. The van der Waals surface area contributed by atoms with Crippen LogP contribution in [0.15, 0.2) is 36.4 Å². The molecule has 0 aliphatic carbocycles. The molecule has 4 heteroatoms. The van der Waals surface area contributed by atoms with Crippen LogP contribution in [-0.4, -0.2) is 12.3 Å². The van der Waals surface area contributed by atoms with Gasteiger partial charge in [0.05, 0.1) is 0 Å². The van der Waals surface area contributed by atoms with Gasteiger partial charge in [-0.3, -0.25) is 4.79 Å². The van der Waals surface area contributed by atoms with E-state index in [1.54, 1.807) is 6.07 Å². The maximum absolute atomic E-state index is 13.6. The molecule has 0 spiro atoms. The molecule has 0 fully saturated rings. The highest BCUT2D eigenvalue weighted by Gasteiger charge is 2.15. The summed E-state index contributed by atoms with van der Waals surface area (Å²) in [4.78, 5) is 12.2. The third-order valence-electron chi connectivity index (χ3n) is 3.50. The van der Waals surface area contributed by atoms with Crippen molar-refractivity contribution < 1.29 is 9.18 Å². The Balaban J connectivity index is 1.84. The van der Waals surface area contributed by atoms with Crippen LogP contribution in [0.5, 0.6) is 0 Å². The first-order chi connectivity index (χ1) is 9.63. The van der Waals surface area contributed by atoms with Crippen LogP contribution in [-0.2, 0) is 12.8 Å². The van der Waals surface area contributed by atoms with E-state index in [1.165, 1.54) is 18.2 Å². The Morgan fingerprint density at radius 1 is 1.25 bits per heavy atom.